The van der Waals surface area contributed by atoms with E-state index in [-0.39, 0.29) is 24.0 Å². The van der Waals surface area contributed by atoms with Crippen molar-refractivity contribution in [2.75, 3.05) is 52.5 Å². The number of rotatable bonds is 7. The van der Waals surface area contributed by atoms with Crippen molar-refractivity contribution in [2.24, 2.45) is 0 Å². The zero-order chi connectivity index (χ0) is 26.0. The summed E-state index contributed by atoms with van der Waals surface area (Å²) in [5.41, 5.74) is 0.835. The highest BCUT2D eigenvalue weighted by Gasteiger charge is 2.44. The van der Waals surface area contributed by atoms with E-state index < -0.39 is 12.3 Å². The zero-order valence-corrected chi connectivity index (χ0v) is 20.9. The number of benzene rings is 1. The molecular weight excluding hydrogens is 510 g/mol. The van der Waals surface area contributed by atoms with E-state index in [2.05, 4.69) is 14.9 Å². The number of ether oxygens (including phenoxy) is 1. The van der Waals surface area contributed by atoms with Gasteiger partial charge in [0.2, 0.25) is 17.9 Å². The second kappa shape index (κ2) is 10.9. The number of piperazine rings is 1. The topological polar surface area (TPSA) is 61.8 Å². The van der Waals surface area contributed by atoms with Gasteiger partial charge in [-0.25, -0.2) is 14.4 Å². The minimum atomic E-state index is -4.63. The molecule has 3 aromatic rings. The number of carbonyl (C=O) groups is 1. The number of alkyl halides is 4. The fraction of sp³-hybridized carbons (Fsp3) is 0.480. The molecule has 1 fully saturated rings. The van der Waals surface area contributed by atoms with Crippen LogP contribution in [0.3, 0.4) is 0 Å². The standard InChI is InChI=1S/C25H27F4N5O2S/c26-7-9-32-10-12-33(13-11-32)15-20(35)34-8-6-18-19(14-34)37-24-21(18)23(30-16-31-24)36-22(25(27,28)29)17-4-2-1-3-5-17/h1-5,16,22H,6-15H2/t22-/m0/s1. The largest absolute Gasteiger partial charge is 0.459 e. The summed E-state index contributed by atoms with van der Waals surface area (Å²) in [6.07, 6.45) is -5.09. The molecule has 0 N–H and O–H groups in total. The maximum absolute atomic E-state index is 13.9. The Kier molecular flexibility index (Phi) is 7.59. The van der Waals surface area contributed by atoms with E-state index in [1.54, 1.807) is 11.0 Å². The van der Waals surface area contributed by atoms with Gasteiger partial charge < -0.3 is 9.64 Å². The Bertz CT molecular complexity index is 1230. The molecule has 0 radical (unpaired) electrons. The molecule has 1 aromatic carbocycles. The van der Waals surface area contributed by atoms with E-state index in [0.717, 1.165) is 23.5 Å². The van der Waals surface area contributed by atoms with Crippen LogP contribution in [-0.2, 0) is 17.8 Å². The van der Waals surface area contributed by atoms with Gasteiger partial charge in [0, 0.05) is 49.7 Å². The number of thiophene rings is 1. The third-order valence-electron chi connectivity index (χ3n) is 6.81. The minimum absolute atomic E-state index is 0.00539. The zero-order valence-electron chi connectivity index (χ0n) is 20.1. The van der Waals surface area contributed by atoms with Gasteiger partial charge in [0.1, 0.15) is 17.8 Å². The van der Waals surface area contributed by atoms with E-state index in [1.807, 2.05) is 4.90 Å². The Labute approximate surface area is 215 Å². The first-order chi connectivity index (χ1) is 17.8. The van der Waals surface area contributed by atoms with Crippen LogP contribution >= 0.6 is 11.3 Å². The summed E-state index contributed by atoms with van der Waals surface area (Å²) < 4.78 is 59.8. The van der Waals surface area contributed by atoms with Crippen LogP contribution in [0.5, 0.6) is 5.88 Å². The molecular formula is C25H27F4N5O2S. The first-order valence-corrected chi connectivity index (χ1v) is 13.0. The Balaban J connectivity index is 1.32. The molecule has 0 spiro atoms. The Hall–Kier alpha value is -2.83. The monoisotopic (exact) mass is 537 g/mol. The van der Waals surface area contributed by atoms with Crippen molar-refractivity contribution >= 4 is 27.5 Å². The molecule has 1 saturated heterocycles. The number of carbonyl (C=O) groups excluding carboxylic acids is 1. The molecule has 1 amide bonds. The molecule has 2 aliphatic rings. The van der Waals surface area contributed by atoms with E-state index in [9.17, 15) is 22.4 Å². The quantitative estimate of drug-likeness (QED) is 0.427. The number of amides is 1. The van der Waals surface area contributed by atoms with Crippen molar-refractivity contribution in [3.8, 4) is 5.88 Å². The highest BCUT2D eigenvalue weighted by Crippen LogP contribution is 2.42. The smallest absolute Gasteiger partial charge is 0.429 e. The Morgan fingerprint density at radius 1 is 1.05 bits per heavy atom. The van der Waals surface area contributed by atoms with E-state index in [0.29, 0.717) is 55.9 Å². The number of aromatic nitrogens is 2. The molecule has 2 aliphatic heterocycles. The van der Waals surface area contributed by atoms with Gasteiger partial charge in [-0.1, -0.05) is 30.3 Å². The molecule has 198 valence electrons. The van der Waals surface area contributed by atoms with Crippen LogP contribution in [0.25, 0.3) is 10.2 Å². The summed E-state index contributed by atoms with van der Waals surface area (Å²) in [7, 11) is 0. The summed E-state index contributed by atoms with van der Waals surface area (Å²) in [6, 6.07) is 7.48. The van der Waals surface area contributed by atoms with Crippen LogP contribution in [-0.4, -0.2) is 89.2 Å². The molecule has 0 saturated carbocycles. The summed E-state index contributed by atoms with van der Waals surface area (Å²) in [5.74, 6) is -0.0922. The highest BCUT2D eigenvalue weighted by atomic mass is 32.1. The molecule has 2 aromatic heterocycles. The van der Waals surface area contributed by atoms with Gasteiger partial charge >= 0.3 is 6.18 Å². The lowest BCUT2D eigenvalue weighted by Crippen LogP contribution is -2.50. The fourth-order valence-corrected chi connectivity index (χ4v) is 6.04. The first kappa shape index (κ1) is 25.8. The first-order valence-electron chi connectivity index (χ1n) is 12.2. The predicted octanol–water partition coefficient (Wildman–Crippen LogP) is 3.85. The number of halogens is 4. The van der Waals surface area contributed by atoms with E-state index in [4.69, 9.17) is 4.74 Å². The van der Waals surface area contributed by atoms with Crippen LogP contribution < -0.4 is 4.74 Å². The molecule has 4 heterocycles. The molecule has 0 unspecified atom stereocenters. The summed E-state index contributed by atoms with van der Waals surface area (Å²) in [5, 5.41) is 0.490. The third-order valence-corrected chi connectivity index (χ3v) is 7.93. The average Bonchev–Trinajstić information content (AvgIpc) is 3.27. The predicted molar refractivity (Wildman–Crippen MR) is 131 cm³/mol. The van der Waals surface area contributed by atoms with Crippen LogP contribution in [0.4, 0.5) is 17.6 Å². The maximum Gasteiger partial charge on any atom is 0.429 e. The molecule has 7 nitrogen and oxygen atoms in total. The van der Waals surface area contributed by atoms with Gasteiger partial charge in [0.25, 0.3) is 0 Å². The molecule has 12 heteroatoms. The van der Waals surface area contributed by atoms with Crippen LogP contribution in [0, 0.1) is 0 Å². The number of hydrogen-bond donors (Lipinski definition) is 0. The number of nitrogens with zero attached hydrogens (tertiary/aromatic N) is 5. The molecule has 0 aliphatic carbocycles. The fourth-order valence-electron chi connectivity index (χ4n) is 4.85. The van der Waals surface area contributed by atoms with Crippen LogP contribution in [0.1, 0.15) is 22.1 Å². The van der Waals surface area contributed by atoms with Gasteiger partial charge in [0.15, 0.2) is 0 Å². The second-order valence-electron chi connectivity index (χ2n) is 9.19. The second-order valence-corrected chi connectivity index (χ2v) is 10.3. The molecule has 1 atom stereocenters. The third kappa shape index (κ3) is 5.70. The Morgan fingerprint density at radius 3 is 2.49 bits per heavy atom. The molecule has 37 heavy (non-hydrogen) atoms. The summed E-state index contributed by atoms with van der Waals surface area (Å²) >= 11 is 1.36. The van der Waals surface area contributed by atoms with Crippen molar-refractivity contribution in [1.29, 1.82) is 0 Å². The van der Waals surface area contributed by atoms with Gasteiger partial charge in [-0.05, 0) is 12.0 Å². The van der Waals surface area contributed by atoms with Crippen LogP contribution in [0.2, 0.25) is 0 Å². The Morgan fingerprint density at radius 2 is 1.78 bits per heavy atom. The van der Waals surface area contributed by atoms with Gasteiger partial charge in [-0.2, -0.15) is 13.2 Å². The summed E-state index contributed by atoms with van der Waals surface area (Å²) in [6.45, 7) is 4.07. The normalized spacial score (nSPS) is 18.1. The van der Waals surface area contributed by atoms with Gasteiger partial charge in [-0.3, -0.25) is 14.6 Å². The van der Waals surface area contributed by atoms with Crippen molar-refractivity contribution < 1.29 is 27.1 Å². The van der Waals surface area contributed by atoms with Gasteiger partial charge in [-0.15, -0.1) is 11.3 Å². The summed E-state index contributed by atoms with van der Waals surface area (Å²) in [4.78, 5) is 28.7. The van der Waals surface area contributed by atoms with Crippen molar-refractivity contribution in [3.63, 3.8) is 0 Å². The van der Waals surface area contributed by atoms with E-state index >= 15 is 0 Å². The lowest BCUT2D eigenvalue weighted by molar-refractivity contribution is -0.198. The average molecular weight is 538 g/mol. The molecule has 0 bridgehead atoms. The molecule has 5 rings (SSSR count). The highest BCUT2D eigenvalue weighted by molar-refractivity contribution is 7.18. The maximum atomic E-state index is 13.9. The SMILES string of the molecule is O=C(CN1CCN(CCF)CC1)N1CCc2c(sc3ncnc(O[C@@H](c4ccccc4)C(F)(F)F)c23)C1. The number of hydrogen-bond acceptors (Lipinski definition) is 7. The van der Waals surface area contributed by atoms with Crippen molar-refractivity contribution in [2.45, 2.75) is 25.2 Å². The lowest BCUT2D eigenvalue weighted by Gasteiger charge is -2.35. The number of fused-ring (bicyclic) bond motifs is 3. The van der Waals surface area contributed by atoms with Gasteiger partial charge in [0.05, 0.1) is 18.5 Å². The lowest BCUT2D eigenvalue weighted by atomic mass is 10.0. The van der Waals surface area contributed by atoms with E-state index in [1.165, 1.54) is 41.9 Å². The van der Waals surface area contributed by atoms with Crippen LogP contribution in [0.15, 0.2) is 36.7 Å². The van der Waals surface area contributed by atoms with Crippen molar-refractivity contribution in [1.82, 2.24) is 24.7 Å². The van der Waals surface area contributed by atoms with Crippen molar-refractivity contribution in [3.05, 3.63) is 52.7 Å². The minimum Gasteiger partial charge on any atom is -0.459 e.